The van der Waals surface area contributed by atoms with Crippen molar-refractivity contribution in [3.05, 3.63) is 41.9 Å². The Bertz CT molecular complexity index is 314. The number of rotatable bonds is 6. The summed E-state index contributed by atoms with van der Waals surface area (Å²) < 4.78 is 5.57. The Balaban J connectivity index is 2.45. The monoisotopic (exact) mass is 225 g/mol. The second-order valence-corrected chi connectivity index (χ2v) is 3.60. The van der Waals surface area contributed by atoms with Crippen LogP contribution in [-0.4, -0.2) is 19.2 Å². The minimum Gasteiger partial charge on any atom is -0.492 e. The first-order valence-electron chi connectivity index (χ1n) is 5.00. The standard InChI is InChI=1S/C12H16ClNO/c1-3-11(14-4-2)9-15-12-7-5-6-10(13)8-12/h3,5-8,11,14H,1,4,9H2,2H3. The van der Waals surface area contributed by atoms with Gasteiger partial charge in [0.15, 0.2) is 0 Å². The van der Waals surface area contributed by atoms with Crippen molar-refractivity contribution in [2.45, 2.75) is 13.0 Å². The fraction of sp³-hybridized carbons (Fsp3) is 0.333. The molecule has 1 rings (SSSR count). The Morgan fingerprint density at radius 1 is 1.60 bits per heavy atom. The molecule has 1 atom stereocenters. The van der Waals surface area contributed by atoms with Gasteiger partial charge in [0, 0.05) is 5.02 Å². The smallest absolute Gasteiger partial charge is 0.120 e. The van der Waals surface area contributed by atoms with Crippen molar-refractivity contribution in [2.24, 2.45) is 0 Å². The first-order chi connectivity index (χ1) is 7.26. The van der Waals surface area contributed by atoms with Crippen molar-refractivity contribution in [3.63, 3.8) is 0 Å². The van der Waals surface area contributed by atoms with E-state index in [9.17, 15) is 0 Å². The van der Waals surface area contributed by atoms with Crippen molar-refractivity contribution in [1.29, 1.82) is 0 Å². The molecule has 0 aliphatic rings. The van der Waals surface area contributed by atoms with Crippen LogP contribution in [0.15, 0.2) is 36.9 Å². The Labute approximate surface area is 95.9 Å². The SMILES string of the molecule is C=CC(COc1cccc(Cl)c1)NCC. The van der Waals surface area contributed by atoms with Gasteiger partial charge in [-0.1, -0.05) is 30.7 Å². The van der Waals surface area contributed by atoms with E-state index >= 15 is 0 Å². The van der Waals surface area contributed by atoms with Gasteiger partial charge in [-0.2, -0.15) is 0 Å². The van der Waals surface area contributed by atoms with Gasteiger partial charge < -0.3 is 10.1 Å². The lowest BCUT2D eigenvalue weighted by Crippen LogP contribution is -2.32. The molecule has 0 fully saturated rings. The predicted octanol–water partition coefficient (Wildman–Crippen LogP) is 2.88. The summed E-state index contributed by atoms with van der Waals surface area (Å²) in [4.78, 5) is 0. The van der Waals surface area contributed by atoms with Crippen LogP contribution in [0.3, 0.4) is 0 Å². The Hall–Kier alpha value is -0.990. The van der Waals surface area contributed by atoms with Gasteiger partial charge >= 0.3 is 0 Å². The van der Waals surface area contributed by atoms with E-state index in [2.05, 4.69) is 18.8 Å². The average Bonchev–Trinajstić information content (AvgIpc) is 2.24. The molecule has 3 heteroatoms. The minimum absolute atomic E-state index is 0.175. The van der Waals surface area contributed by atoms with Crippen LogP contribution < -0.4 is 10.1 Å². The van der Waals surface area contributed by atoms with E-state index < -0.39 is 0 Å². The van der Waals surface area contributed by atoms with Crippen molar-refractivity contribution in [1.82, 2.24) is 5.32 Å². The number of hydrogen-bond acceptors (Lipinski definition) is 2. The molecule has 0 amide bonds. The van der Waals surface area contributed by atoms with Gasteiger partial charge in [0.1, 0.15) is 12.4 Å². The maximum absolute atomic E-state index is 5.84. The Morgan fingerprint density at radius 2 is 2.40 bits per heavy atom. The zero-order valence-electron chi connectivity index (χ0n) is 8.87. The highest BCUT2D eigenvalue weighted by Gasteiger charge is 2.02. The van der Waals surface area contributed by atoms with Gasteiger partial charge in [0.2, 0.25) is 0 Å². The number of ether oxygens (including phenoxy) is 1. The summed E-state index contributed by atoms with van der Waals surface area (Å²) in [5.74, 6) is 0.784. The first kappa shape index (κ1) is 12.1. The van der Waals surface area contributed by atoms with Crippen LogP contribution in [0.25, 0.3) is 0 Å². The van der Waals surface area contributed by atoms with Crippen molar-refractivity contribution in [2.75, 3.05) is 13.2 Å². The maximum Gasteiger partial charge on any atom is 0.120 e. The number of hydrogen-bond donors (Lipinski definition) is 1. The normalized spacial score (nSPS) is 12.1. The van der Waals surface area contributed by atoms with Gasteiger partial charge in [-0.25, -0.2) is 0 Å². The lowest BCUT2D eigenvalue weighted by atomic mass is 10.3. The molecule has 0 saturated heterocycles. The molecule has 1 aromatic carbocycles. The third kappa shape index (κ3) is 4.36. The van der Waals surface area contributed by atoms with Crippen molar-refractivity contribution in [3.8, 4) is 5.75 Å². The van der Waals surface area contributed by atoms with Crippen LogP contribution in [0.2, 0.25) is 5.02 Å². The summed E-state index contributed by atoms with van der Waals surface area (Å²) in [5, 5.41) is 3.93. The summed E-state index contributed by atoms with van der Waals surface area (Å²) in [6, 6.07) is 7.55. The second kappa shape index (κ2) is 6.49. The molecule has 0 aliphatic carbocycles. The lowest BCUT2D eigenvalue weighted by Gasteiger charge is -2.14. The highest BCUT2D eigenvalue weighted by atomic mass is 35.5. The zero-order chi connectivity index (χ0) is 11.1. The van der Waals surface area contributed by atoms with Crippen LogP contribution >= 0.6 is 11.6 Å². The average molecular weight is 226 g/mol. The Morgan fingerprint density at radius 3 is 3.00 bits per heavy atom. The van der Waals surface area contributed by atoms with Crippen molar-refractivity contribution >= 4 is 11.6 Å². The minimum atomic E-state index is 0.175. The third-order valence-electron chi connectivity index (χ3n) is 1.98. The molecule has 0 heterocycles. The lowest BCUT2D eigenvalue weighted by molar-refractivity contribution is 0.288. The predicted molar refractivity (Wildman–Crippen MR) is 64.6 cm³/mol. The van der Waals surface area contributed by atoms with E-state index in [1.807, 2.05) is 24.3 Å². The molecule has 2 nitrogen and oxygen atoms in total. The molecule has 0 saturated carbocycles. The van der Waals surface area contributed by atoms with Crippen molar-refractivity contribution < 1.29 is 4.74 Å². The van der Waals surface area contributed by atoms with E-state index in [4.69, 9.17) is 16.3 Å². The molecule has 0 radical (unpaired) electrons. The van der Waals surface area contributed by atoms with E-state index in [1.54, 1.807) is 6.07 Å². The van der Waals surface area contributed by atoms with Gasteiger partial charge in [-0.3, -0.25) is 0 Å². The quantitative estimate of drug-likeness (QED) is 0.752. The van der Waals surface area contributed by atoms with Crippen LogP contribution in [0, 0.1) is 0 Å². The molecule has 1 aromatic rings. The maximum atomic E-state index is 5.84. The summed E-state index contributed by atoms with van der Waals surface area (Å²) in [6.07, 6.45) is 1.84. The molecule has 1 N–H and O–H groups in total. The molecule has 82 valence electrons. The van der Waals surface area contributed by atoms with Crippen LogP contribution in [-0.2, 0) is 0 Å². The second-order valence-electron chi connectivity index (χ2n) is 3.17. The highest BCUT2D eigenvalue weighted by Crippen LogP contribution is 2.17. The summed E-state index contributed by atoms with van der Waals surface area (Å²) in [5.41, 5.74) is 0. The summed E-state index contributed by atoms with van der Waals surface area (Å²) in [6.45, 7) is 7.26. The van der Waals surface area contributed by atoms with Crippen LogP contribution in [0.5, 0.6) is 5.75 Å². The fourth-order valence-corrected chi connectivity index (χ4v) is 1.40. The van der Waals surface area contributed by atoms with Gasteiger partial charge in [-0.15, -0.1) is 6.58 Å². The molecule has 1 unspecified atom stereocenters. The summed E-state index contributed by atoms with van der Waals surface area (Å²) in [7, 11) is 0. The van der Waals surface area contributed by atoms with E-state index in [0.717, 1.165) is 12.3 Å². The largest absolute Gasteiger partial charge is 0.492 e. The molecular formula is C12H16ClNO. The topological polar surface area (TPSA) is 21.3 Å². The van der Waals surface area contributed by atoms with Crippen LogP contribution in [0.1, 0.15) is 6.92 Å². The van der Waals surface area contributed by atoms with E-state index in [-0.39, 0.29) is 6.04 Å². The molecule has 0 spiro atoms. The number of benzene rings is 1. The third-order valence-corrected chi connectivity index (χ3v) is 2.21. The first-order valence-corrected chi connectivity index (χ1v) is 5.38. The van der Waals surface area contributed by atoms with Gasteiger partial charge in [0.25, 0.3) is 0 Å². The van der Waals surface area contributed by atoms with Crippen LogP contribution in [0.4, 0.5) is 0 Å². The summed E-state index contributed by atoms with van der Waals surface area (Å²) >= 11 is 5.84. The van der Waals surface area contributed by atoms with Gasteiger partial charge in [0.05, 0.1) is 6.04 Å². The fourth-order valence-electron chi connectivity index (χ4n) is 1.22. The Kier molecular flexibility index (Phi) is 5.22. The number of nitrogens with one attached hydrogen (secondary N) is 1. The molecule has 0 bridgehead atoms. The number of halogens is 1. The molecule has 15 heavy (non-hydrogen) atoms. The van der Waals surface area contributed by atoms with Gasteiger partial charge in [-0.05, 0) is 24.7 Å². The highest BCUT2D eigenvalue weighted by molar-refractivity contribution is 6.30. The zero-order valence-corrected chi connectivity index (χ0v) is 9.63. The number of likely N-dealkylation sites (N-methyl/N-ethyl adjacent to an activating group) is 1. The molecule has 0 aliphatic heterocycles. The van der Waals surface area contributed by atoms with E-state index in [0.29, 0.717) is 11.6 Å². The molecule has 0 aromatic heterocycles. The van der Waals surface area contributed by atoms with E-state index in [1.165, 1.54) is 0 Å². The molecular weight excluding hydrogens is 210 g/mol.